The number of rotatable bonds is 2. The maximum absolute atomic E-state index is 8.81. The van der Waals surface area contributed by atoms with Gasteiger partial charge in [0.05, 0.1) is 11.6 Å². The average molecular weight is 223 g/mol. The molecule has 1 aromatic carbocycles. The van der Waals surface area contributed by atoms with Gasteiger partial charge >= 0.3 is 0 Å². The van der Waals surface area contributed by atoms with Crippen LogP contribution in [0.2, 0.25) is 0 Å². The molecule has 0 aliphatic carbocycles. The van der Waals surface area contributed by atoms with Crippen molar-refractivity contribution in [3.05, 3.63) is 53.2 Å². The van der Waals surface area contributed by atoms with Crippen LogP contribution >= 0.6 is 0 Å². The number of pyridine rings is 1. The molecule has 0 bridgehead atoms. The Balaban J connectivity index is 2.28. The van der Waals surface area contributed by atoms with E-state index in [1.165, 1.54) is 11.1 Å². The highest BCUT2D eigenvalue weighted by atomic mass is 15.0. The van der Waals surface area contributed by atoms with Gasteiger partial charge < -0.3 is 5.32 Å². The van der Waals surface area contributed by atoms with Crippen LogP contribution in [0.3, 0.4) is 0 Å². The molecular formula is C14H13N3. The van der Waals surface area contributed by atoms with Gasteiger partial charge in [-0.3, -0.25) is 0 Å². The van der Waals surface area contributed by atoms with Crippen molar-refractivity contribution in [3.8, 4) is 6.07 Å². The molecule has 0 radical (unpaired) electrons. The average Bonchev–Trinajstić information content (AvgIpc) is 2.28. The quantitative estimate of drug-likeness (QED) is 0.849. The molecule has 0 aliphatic rings. The maximum Gasteiger partial charge on any atom is 0.131 e. The molecule has 17 heavy (non-hydrogen) atoms. The van der Waals surface area contributed by atoms with Crippen LogP contribution in [-0.2, 0) is 0 Å². The summed E-state index contributed by atoms with van der Waals surface area (Å²) in [4.78, 5) is 4.18. The lowest BCUT2D eigenvalue weighted by Gasteiger charge is -2.07. The predicted octanol–water partition coefficient (Wildman–Crippen LogP) is 3.31. The van der Waals surface area contributed by atoms with Crippen molar-refractivity contribution in [2.45, 2.75) is 13.8 Å². The lowest BCUT2D eigenvalue weighted by molar-refractivity contribution is 1.28. The molecule has 0 spiro atoms. The Hall–Kier alpha value is -2.34. The van der Waals surface area contributed by atoms with Crippen LogP contribution in [0, 0.1) is 25.2 Å². The smallest absolute Gasteiger partial charge is 0.131 e. The Morgan fingerprint density at radius 2 is 1.82 bits per heavy atom. The van der Waals surface area contributed by atoms with Gasteiger partial charge in [-0.25, -0.2) is 4.98 Å². The molecule has 2 aromatic rings. The predicted molar refractivity (Wildman–Crippen MR) is 68.2 cm³/mol. The van der Waals surface area contributed by atoms with Crippen molar-refractivity contribution < 1.29 is 0 Å². The summed E-state index contributed by atoms with van der Waals surface area (Å²) in [5, 5.41) is 12.0. The maximum atomic E-state index is 8.81. The topological polar surface area (TPSA) is 48.7 Å². The van der Waals surface area contributed by atoms with Gasteiger partial charge in [0.2, 0.25) is 0 Å². The zero-order chi connectivity index (χ0) is 12.3. The van der Waals surface area contributed by atoms with Crippen molar-refractivity contribution in [2.75, 3.05) is 5.32 Å². The zero-order valence-corrected chi connectivity index (χ0v) is 9.86. The Bertz CT molecular complexity index is 562. The molecule has 0 atom stereocenters. The van der Waals surface area contributed by atoms with Crippen molar-refractivity contribution in [1.29, 1.82) is 5.26 Å². The van der Waals surface area contributed by atoms with Gasteiger partial charge in [-0.05, 0) is 49.2 Å². The third-order valence-electron chi connectivity index (χ3n) is 2.38. The molecule has 1 aromatic heterocycles. The summed E-state index contributed by atoms with van der Waals surface area (Å²) >= 11 is 0. The minimum Gasteiger partial charge on any atom is -0.340 e. The van der Waals surface area contributed by atoms with Gasteiger partial charge in [-0.15, -0.1) is 0 Å². The van der Waals surface area contributed by atoms with Crippen molar-refractivity contribution in [3.63, 3.8) is 0 Å². The lowest BCUT2D eigenvalue weighted by atomic mass is 10.1. The highest BCUT2D eigenvalue weighted by molar-refractivity contribution is 5.59. The van der Waals surface area contributed by atoms with Crippen LogP contribution in [0.25, 0.3) is 0 Å². The molecule has 1 heterocycles. The molecule has 2 rings (SSSR count). The van der Waals surface area contributed by atoms with Crippen LogP contribution in [0.15, 0.2) is 36.5 Å². The van der Waals surface area contributed by atoms with Crippen molar-refractivity contribution in [1.82, 2.24) is 4.98 Å². The molecule has 0 saturated carbocycles. The summed E-state index contributed by atoms with van der Waals surface area (Å²) in [6.45, 7) is 4.11. The summed E-state index contributed by atoms with van der Waals surface area (Å²) in [7, 11) is 0. The molecule has 0 aliphatic heterocycles. The van der Waals surface area contributed by atoms with E-state index in [0.717, 1.165) is 5.69 Å². The molecule has 3 nitrogen and oxygen atoms in total. The third-order valence-corrected chi connectivity index (χ3v) is 2.38. The summed E-state index contributed by atoms with van der Waals surface area (Å²) in [5.74, 6) is 0.689. The standard InChI is InChI=1S/C14H13N3/c1-10-5-11(2)7-13(6-10)17-14-8-12(9-15)3-4-16-14/h3-8H,1-2H3,(H,16,17). The van der Waals surface area contributed by atoms with Gasteiger partial charge in [0.1, 0.15) is 5.82 Å². The molecule has 0 saturated heterocycles. The first-order valence-electron chi connectivity index (χ1n) is 5.39. The first kappa shape index (κ1) is 11.2. The van der Waals surface area contributed by atoms with E-state index < -0.39 is 0 Å². The minimum absolute atomic E-state index is 0.604. The number of hydrogen-bond acceptors (Lipinski definition) is 3. The molecular weight excluding hydrogens is 210 g/mol. The SMILES string of the molecule is Cc1cc(C)cc(Nc2cc(C#N)ccn2)c1. The second-order valence-corrected chi connectivity index (χ2v) is 4.04. The van der Waals surface area contributed by atoms with E-state index in [4.69, 9.17) is 5.26 Å². The van der Waals surface area contributed by atoms with Gasteiger partial charge in [-0.1, -0.05) is 6.07 Å². The Kier molecular flexibility index (Phi) is 3.06. The Labute approximate surface area is 101 Å². The van der Waals surface area contributed by atoms with E-state index in [1.807, 2.05) is 12.1 Å². The van der Waals surface area contributed by atoms with E-state index in [2.05, 4.69) is 36.3 Å². The van der Waals surface area contributed by atoms with Crippen molar-refractivity contribution >= 4 is 11.5 Å². The van der Waals surface area contributed by atoms with E-state index in [9.17, 15) is 0 Å². The summed E-state index contributed by atoms with van der Waals surface area (Å²) in [6.07, 6.45) is 1.63. The van der Waals surface area contributed by atoms with Crippen molar-refractivity contribution in [2.24, 2.45) is 0 Å². The summed E-state index contributed by atoms with van der Waals surface area (Å²) in [6, 6.07) is 11.7. The Morgan fingerprint density at radius 3 is 2.47 bits per heavy atom. The van der Waals surface area contributed by atoms with E-state index in [0.29, 0.717) is 11.4 Å². The molecule has 84 valence electrons. The van der Waals surface area contributed by atoms with Gasteiger partial charge in [0.15, 0.2) is 0 Å². The lowest BCUT2D eigenvalue weighted by Crippen LogP contribution is -1.94. The fraction of sp³-hybridized carbons (Fsp3) is 0.143. The third kappa shape index (κ3) is 2.82. The highest BCUT2D eigenvalue weighted by Gasteiger charge is 1.99. The first-order chi connectivity index (χ1) is 8.17. The number of aromatic nitrogens is 1. The monoisotopic (exact) mass is 223 g/mol. The van der Waals surface area contributed by atoms with Crippen LogP contribution < -0.4 is 5.32 Å². The largest absolute Gasteiger partial charge is 0.340 e. The number of nitriles is 1. The first-order valence-corrected chi connectivity index (χ1v) is 5.39. The zero-order valence-electron chi connectivity index (χ0n) is 9.86. The number of nitrogens with one attached hydrogen (secondary N) is 1. The minimum atomic E-state index is 0.604. The molecule has 3 heteroatoms. The second kappa shape index (κ2) is 4.67. The Morgan fingerprint density at radius 1 is 1.12 bits per heavy atom. The normalized spacial score (nSPS) is 9.71. The summed E-state index contributed by atoms with van der Waals surface area (Å²) in [5.41, 5.74) is 3.99. The fourth-order valence-corrected chi connectivity index (χ4v) is 1.76. The molecule has 0 unspecified atom stereocenters. The number of hydrogen-bond donors (Lipinski definition) is 1. The fourth-order valence-electron chi connectivity index (χ4n) is 1.76. The van der Waals surface area contributed by atoms with Crippen LogP contribution in [-0.4, -0.2) is 4.98 Å². The van der Waals surface area contributed by atoms with Crippen LogP contribution in [0.4, 0.5) is 11.5 Å². The van der Waals surface area contributed by atoms with Gasteiger partial charge in [0.25, 0.3) is 0 Å². The molecule has 1 N–H and O–H groups in total. The number of benzene rings is 1. The molecule has 0 fully saturated rings. The number of aryl methyl sites for hydroxylation is 2. The van der Waals surface area contributed by atoms with Crippen LogP contribution in [0.1, 0.15) is 16.7 Å². The molecule has 0 amide bonds. The highest BCUT2D eigenvalue weighted by Crippen LogP contribution is 2.18. The number of nitrogens with zero attached hydrogens (tertiary/aromatic N) is 2. The number of anilines is 2. The van der Waals surface area contributed by atoms with E-state index in [1.54, 1.807) is 18.3 Å². The second-order valence-electron chi connectivity index (χ2n) is 4.04. The van der Waals surface area contributed by atoms with Crippen LogP contribution in [0.5, 0.6) is 0 Å². The van der Waals surface area contributed by atoms with E-state index in [-0.39, 0.29) is 0 Å². The summed E-state index contributed by atoms with van der Waals surface area (Å²) < 4.78 is 0. The van der Waals surface area contributed by atoms with E-state index >= 15 is 0 Å². The van der Waals surface area contributed by atoms with Gasteiger partial charge in [0, 0.05) is 11.9 Å². The van der Waals surface area contributed by atoms with Gasteiger partial charge in [-0.2, -0.15) is 5.26 Å².